The van der Waals surface area contributed by atoms with Crippen molar-refractivity contribution in [1.29, 1.82) is 0 Å². The highest BCUT2D eigenvalue weighted by Gasteiger charge is 2.31. The summed E-state index contributed by atoms with van der Waals surface area (Å²) in [5.74, 6) is 1.49. The Bertz CT molecular complexity index is 623. The van der Waals surface area contributed by atoms with Crippen LogP contribution in [0.25, 0.3) is 0 Å². The maximum atomic E-state index is 12.5. The van der Waals surface area contributed by atoms with E-state index in [1.54, 1.807) is 11.3 Å². The normalized spacial score (nSPS) is 18.0. The number of carbonyl (C=O) groups excluding carboxylic acids is 1. The Labute approximate surface area is 139 Å². The van der Waals surface area contributed by atoms with Gasteiger partial charge in [-0.1, -0.05) is 32.0 Å². The van der Waals surface area contributed by atoms with Crippen molar-refractivity contribution in [3.63, 3.8) is 0 Å². The van der Waals surface area contributed by atoms with E-state index in [-0.39, 0.29) is 11.4 Å². The molecular weight excluding hydrogens is 312 g/mol. The van der Waals surface area contributed by atoms with Crippen molar-refractivity contribution in [2.45, 2.75) is 25.1 Å². The van der Waals surface area contributed by atoms with Gasteiger partial charge in [0, 0.05) is 22.9 Å². The van der Waals surface area contributed by atoms with Crippen LogP contribution in [-0.4, -0.2) is 23.2 Å². The maximum Gasteiger partial charge on any atom is 0.323 e. The quantitative estimate of drug-likeness (QED) is 0.843. The van der Waals surface area contributed by atoms with Crippen molar-refractivity contribution in [1.82, 2.24) is 4.90 Å². The van der Waals surface area contributed by atoms with Crippen molar-refractivity contribution >= 4 is 34.8 Å². The third kappa shape index (κ3) is 3.31. The van der Waals surface area contributed by atoms with E-state index in [0.717, 1.165) is 18.0 Å². The first-order valence-electron chi connectivity index (χ1n) is 7.48. The summed E-state index contributed by atoms with van der Waals surface area (Å²) in [4.78, 5) is 15.7. The first-order chi connectivity index (χ1) is 10.6. The lowest BCUT2D eigenvalue weighted by Gasteiger charge is -2.23. The van der Waals surface area contributed by atoms with Gasteiger partial charge in [-0.05, 0) is 35.1 Å². The van der Waals surface area contributed by atoms with Gasteiger partial charge in [0.15, 0.2) is 0 Å². The monoisotopic (exact) mass is 332 g/mol. The van der Waals surface area contributed by atoms with E-state index < -0.39 is 0 Å². The molecule has 1 N–H and O–H groups in total. The number of thioether (sulfide) groups is 1. The Balaban J connectivity index is 1.68. The zero-order valence-electron chi connectivity index (χ0n) is 12.8. The van der Waals surface area contributed by atoms with Crippen molar-refractivity contribution in [2.75, 3.05) is 17.6 Å². The highest BCUT2D eigenvalue weighted by molar-refractivity contribution is 7.99. The number of urea groups is 1. The van der Waals surface area contributed by atoms with Crippen molar-refractivity contribution < 1.29 is 4.79 Å². The lowest BCUT2D eigenvalue weighted by molar-refractivity contribution is 0.215. The van der Waals surface area contributed by atoms with Crippen LogP contribution in [0.15, 0.2) is 41.8 Å². The van der Waals surface area contributed by atoms with Gasteiger partial charge < -0.3 is 10.2 Å². The van der Waals surface area contributed by atoms with Crippen LogP contribution in [-0.2, 0) is 0 Å². The predicted octanol–water partition coefficient (Wildman–Crippen LogP) is 5.15. The molecule has 0 aliphatic carbocycles. The van der Waals surface area contributed by atoms with Gasteiger partial charge in [-0.2, -0.15) is 0 Å². The maximum absolute atomic E-state index is 12.5. The second kappa shape index (κ2) is 6.75. The van der Waals surface area contributed by atoms with Gasteiger partial charge >= 0.3 is 6.03 Å². The molecule has 2 aromatic rings. The number of hydrogen-bond acceptors (Lipinski definition) is 3. The second-order valence-electron chi connectivity index (χ2n) is 5.64. The van der Waals surface area contributed by atoms with Crippen molar-refractivity contribution in [3.8, 4) is 0 Å². The highest BCUT2D eigenvalue weighted by Crippen LogP contribution is 2.40. The third-order valence-corrected chi connectivity index (χ3v) is 6.08. The topological polar surface area (TPSA) is 32.3 Å². The molecule has 1 aromatic carbocycles. The molecule has 2 heterocycles. The SMILES string of the molecule is CC(C)c1ccc(NC(=O)N2CCS[C@@H]2c2cccs2)cc1. The van der Waals surface area contributed by atoms with Crippen LogP contribution < -0.4 is 5.32 Å². The summed E-state index contributed by atoms with van der Waals surface area (Å²) in [5, 5.41) is 5.23. The first-order valence-corrected chi connectivity index (χ1v) is 9.40. The molecule has 116 valence electrons. The molecule has 1 atom stereocenters. The van der Waals surface area contributed by atoms with E-state index in [4.69, 9.17) is 0 Å². The number of thiophene rings is 1. The summed E-state index contributed by atoms with van der Waals surface area (Å²) in [6.07, 6.45) is 0. The largest absolute Gasteiger partial charge is 0.323 e. The molecule has 0 spiro atoms. The Morgan fingerprint density at radius 3 is 2.68 bits per heavy atom. The fraction of sp³-hybridized carbons (Fsp3) is 0.353. The average molecular weight is 332 g/mol. The molecule has 3 nitrogen and oxygen atoms in total. The van der Waals surface area contributed by atoms with E-state index in [9.17, 15) is 4.79 Å². The van der Waals surface area contributed by atoms with E-state index in [2.05, 4.69) is 42.7 Å². The molecule has 5 heteroatoms. The molecular formula is C17H20N2OS2. The van der Waals surface area contributed by atoms with E-state index >= 15 is 0 Å². The summed E-state index contributed by atoms with van der Waals surface area (Å²) >= 11 is 3.54. The van der Waals surface area contributed by atoms with Gasteiger partial charge in [-0.3, -0.25) is 0 Å². The zero-order chi connectivity index (χ0) is 15.5. The van der Waals surface area contributed by atoms with E-state index in [1.165, 1.54) is 10.4 Å². The van der Waals surface area contributed by atoms with Crippen molar-refractivity contribution in [3.05, 3.63) is 52.2 Å². The van der Waals surface area contributed by atoms with Gasteiger partial charge in [0.25, 0.3) is 0 Å². The van der Waals surface area contributed by atoms with E-state index in [0.29, 0.717) is 5.92 Å². The molecule has 2 amide bonds. The molecule has 0 unspecified atom stereocenters. The second-order valence-corrected chi connectivity index (χ2v) is 7.81. The molecule has 1 saturated heterocycles. The summed E-state index contributed by atoms with van der Waals surface area (Å²) < 4.78 is 0. The number of rotatable bonds is 3. The molecule has 1 aromatic heterocycles. The van der Waals surface area contributed by atoms with Crippen LogP contribution in [0.1, 0.15) is 35.6 Å². The number of carbonyl (C=O) groups is 1. The van der Waals surface area contributed by atoms with Gasteiger partial charge in [0.05, 0.1) is 0 Å². The lowest BCUT2D eigenvalue weighted by atomic mass is 10.0. The van der Waals surface area contributed by atoms with Crippen LogP contribution in [0, 0.1) is 0 Å². The number of anilines is 1. The number of nitrogens with zero attached hydrogens (tertiary/aromatic N) is 1. The van der Waals surface area contributed by atoms with Gasteiger partial charge in [-0.25, -0.2) is 4.79 Å². The lowest BCUT2D eigenvalue weighted by Crippen LogP contribution is -2.34. The third-order valence-electron chi connectivity index (χ3n) is 3.77. The summed E-state index contributed by atoms with van der Waals surface area (Å²) in [5.41, 5.74) is 2.14. The Hall–Kier alpha value is -1.46. The van der Waals surface area contributed by atoms with Gasteiger partial charge in [0.2, 0.25) is 0 Å². The molecule has 1 fully saturated rings. The average Bonchev–Trinajstić information content (AvgIpc) is 3.18. The molecule has 1 aliphatic rings. The summed E-state index contributed by atoms with van der Waals surface area (Å²) in [6, 6.07) is 12.3. The van der Waals surface area contributed by atoms with Crippen LogP contribution in [0.2, 0.25) is 0 Å². The minimum atomic E-state index is -0.0132. The molecule has 3 rings (SSSR count). The highest BCUT2D eigenvalue weighted by atomic mass is 32.2. The minimum Gasteiger partial charge on any atom is -0.308 e. The first kappa shape index (κ1) is 15.4. The number of benzene rings is 1. The fourth-order valence-electron chi connectivity index (χ4n) is 2.49. The smallest absolute Gasteiger partial charge is 0.308 e. The Morgan fingerprint density at radius 1 is 1.27 bits per heavy atom. The molecule has 0 radical (unpaired) electrons. The summed E-state index contributed by atoms with van der Waals surface area (Å²) in [7, 11) is 0. The van der Waals surface area contributed by atoms with E-state index in [1.807, 2.05) is 34.9 Å². The fourth-order valence-corrected chi connectivity index (χ4v) is 4.73. The Kier molecular flexibility index (Phi) is 4.74. The number of amides is 2. The van der Waals surface area contributed by atoms with Crippen LogP contribution in [0.3, 0.4) is 0 Å². The summed E-state index contributed by atoms with van der Waals surface area (Å²) in [6.45, 7) is 5.13. The molecule has 1 aliphatic heterocycles. The van der Waals surface area contributed by atoms with Gasteiger partial charge in [-0.15, -0.1) is 23.1 Å². The number of hydrogen-bond donors (Lipinski definition) is 1. The van der Waals surface area contributed by atoms with Crippen LogP contribution >= 0.6 is 23.1 Å². The van der Waals surface area contributed by atoms with Crippen LogP contribution in [0.5, 0.6) is 0 Å². The van der Waals surface area contributed by atoms with Crippen LogP contribution in [0.4, 0.5) is 10.5 Å². The standard InChI is InChI=1S/C17H20N2OS2/c1-12(2)13-5-7-14(8-6-13)18-17(20)19-9-11-22-16(19)15-4-3-10-21-15/h3-8,10,12,16H,9,11H2,1-2H3,(H,18,20)/t16-/m1/s1. The van der Waals surface area contributed by atoms with Crippen molar-refractivity contribution in [2.24, 2.45) is 0 Å². The molecule has 0 bridgehead atoms. The molecule has 0 saturated carbocycles. The minimum absolute atomic E-state index is 0.0132. The zero-order valence-corrected chi connectivity index (χ0v) is 14.4. The Morgan fingerprint density at radius 2 is 2.05 bits per heavy atom. The molecule has 22 heavy (non-hydrogen) atoms. The van der Waals surface area contributed by atoms with Gasteiger partial charge in [0.1, 0.15) is 5.37 Å². The number of nitrogens with one attached hydrogen (secondary N) is 1. The predicted molar refractivity (Wildman–Crippen MR) is 95.8 cm³/mol.